The largest absolute Gasteiger partial charge is 0.467 e. The minimum Gasteiger partial charge on any atom is -0.467 e. The van der Waals surface area contributed by atoms with E-state index in [9.17, 15) is 9.59 Å². The van der Waals surface area contributed by atoms with Crippen LogP contribution in [0.2, 0.25) is 4.34 Å². The molecule has 2 N–H and O–H groups in total. The normalized spacial score (nSPS) is 14.9. The van der Waals surface area contributed by atoms with Crippen LogP contribution in [0.25, 0.3) is 0 Å². The molecule has 1 aliphatic heterocycles. The molecule has 1 aromatic carbocycles. The summed E-state index contributed by atoms with van der Waals surface area (Å²) in [6.45, 7) is 4.90. The van der Waals surface area contributed by atoms with Crippen molar-refractivity contribution in [1.82, 2.24) is 15.1 Å². The van der Waals surface area contributed by atoms with Crippen molar-refractivity contribution < 1.29 is 14.0 Å². The first-order valence-electron chi connectivity index (χ1n) is 10.5. The van der Waals surface area contributed by atoms with Gasteiger partial charge < -0.3 is 15.1 Å². The van der Waals surface area contributed by atoms with Crippen LogP contribution in [0.15, 0.2) is 59.2 Å². The van der Waals surface area contributed by atoms with Gasteiger partial charge in [0.1, 0.15) is 5.76 Å². The molecule has 0 saturated carbocycles. The summed E-state index contributed by atoms with van der Waals surface area (Å²) >= 11 is 7.62. The number of carbonyl (C=O) groups excluding carboxylic acids is 2. The molecule has 2 amide bonds. The molecule has 4 rings (SSSR count). The number of hydrogen-bond donors (Lipinski definition) is 2. The Hall–Kier alpha value is -2.65. The van der Waals surface area contributed by atoms with Crippen molar-refractivity contribution in [3.8, 4) is 0 Å². The fraction of sp³-hybridized carbons (Fsp3) is 0.304. The Morgan fingerprint density at radius 1 is 1.00 bits per heavy atom. The van der Waals surface area contributed by atoms with E-state index in [0.717, 1.165) is 37.1 Å². The Morgan fingerprint density at radius 2 is 1.78 bits per heavy atom. The first-order chi connectivity index (χ1) is 15.6. The topological polar surface area (TPSA) is 77.8 Å². The molecule has 1 saturated heterocycles. The number of carbonyl (C=O) groups is 2. The lowest BCUT2D eigenvalue weighted by Crippen LogP contribution is -2.48. The lowest BCUT2D eigenvalue weighted by molar-refractivity contribution is -0.117. The van der Waals surface area contributed by atoms with Crippen LogP contribution in [-0.4, -0.2) is 54.3 Å². The Kier molecular flexibility index (Phi) is 7.59. The van der Waals surface area contributed by atoms with Crippen LogP contribution in [0.3, 0.4) is 0 Å². The van der Waals surface area contributed by atoms with Crippen molar-refractivity contribution >= 4 is 40.4 Å². The quantitative estimate of drug-likeness (QED) is 0.523. The number of rotatable bonds is 8. The number of benzene rings is 1. The average Bonchev–Trinajstić information content (AvgIpc) is 3.45. The number of amides is 2. The van der Waals surface area contributed by atoms with E-state index in [0.29, 0.717) is 23.6 Å². The zero-order valence-electron chi connectivity index (χ0n) is 17.6. The molecular weight excluding hydrogens is 448 g/mol. The second kappa shape index (κ2) is 10.8. The van der Waals surface area contributed by atoms with Gasteiger partial charge in [-0.1, -0.05) is 23.7 Å². The van der Waals surface area contributed by atoms with Crippen molar-refractivity contribution in [3.63, 3.8) is 0 Å². The van der Waals surface area contributed by atoms with Crippen LogP contribution < -0.4 is 10.6 Å². The van der Waals surface area contributed by atoms with Crippen molar-refractivity contribution in [2.24, 2.45) is 0 Å². The van der Waals surface area contributed by atoms with Gasteiger partial charge in [-0.15, -0.1) is 11.3 Å². The standard InChI is InChI=1S/C23H25ClN4O3S/c24-21-8-7-18(32-21)15-27-9-11-28(12-10-27)16-22(29)26-20-6-2-1-5-19(20)23(30)25-14-17-4-3-13-31-17/h1-8,13H,9-12,14-16H2,(H,25,30)(H,26,29). The number of hydrogen-bond acceptors (Lipinski definition) is 6. The summed E-state index contributed by atoms with van der Waals surface area (Å²) in [6, 6.07) is 14.6. The third-order valence-electron chi connectivity index (χ3n) is 5.29. The first kappa shape index (κ1) is 22.5. The summed E-state index contributed by atoms with van der Waals surface area (Å²) in [4.78, 5) is 31.0. The Bertz CT molecular complexity index is 1050. The highest BCUT2D eigenvalue weighted by Crippen LogP contribution is 2.23. The molecular formula is C23H25ClN4O3S. The lowest BCUT2D eigenvalue weighted by atomic mass is 10.1. The summed E-state index contributed by atoms with van der Waals surface area (Å²) in [7, 11) is 0. The smallest absolute Gasteiger partial charge is 0.253 e. The number of piperazine rings is 1. The van der Waals surface area contributed by atoms with Gasteiger partial charge in [-0.2, -0.15) is 0 Å². The van der Waals surface area contributed by atoms with E-state index in [1.807, 2.05) is 6.07 Å². The number of anilines is 1. The van der Waals surface area contributed by atoms with E-state index in [-0.39, 0.29) is 18.4 Å². The van der Waals surface area contributed by atoms with E-state index >= 15 is 0 Å². The zero-order valence-corrected chi connectivity index (χ0v) is 19.1. The maximum Gasteiger partial charge on any atom is 0.253 e. The van der Waals surface area contributed by atoms with Gasteiger partial charge in [-0.3, -0.25) is 19.4 Å². The summed E-state index contributed by atoms with van der Waals surface area (Å²) in [5, 5.41) is 5.71. The predicted molar refractivity (Wildman–Crippen MR) is 126 cm³/mol. The van der Waals surface area contributed by atoms with Gasteiger partial charge in [-0.25, -0.2) is 0 Å². The SMILES string of the molecule is O=C(CN1CCN(Cc2ccc(Cl)s2)CC1)Nc1ccccc1C(=O)NCc1ccco1. The Morgan fingerprint density at radius 3 is 2.50 bits per heavy atom. The Labute approximate surface area is 196 Å². The monoisotopic (exact) mass is 472 g/mol. The van der Waals surface area contributed by atoms with Crippen LogP contribution in [0, 0.1) is 0 Å². The number of thiophene rings is 1. The van der Waals surface area contributed by atoms with Crippen LogP contribution in [-0.2, 0) is 17.9 Å². The van der Waals surface area contributed by atoms with Crippen molar-refractivity contribution in [1.29, 1.82) is 0 Å². The number of furan rings is 1. The van der Waals surface area contributed by atoms with Crippen LogP contribution in [0.1, 0.15) is 21.0 Å². The van der Waals surface area contributed by atoms with Gasteiger partial charge in [0.2, 0.25) is 5.91 Å². The predicted octanol–water partition coefficient (Wildman–Crippen LogP) is 3.68. The fourth-order valence-electron chi connectivity index (χ4n) is 3.62. The van der Waals surface area contributed by atoms with Gasteiger partial charge >= 0.3 is 0 Å². The van der Waals surface area contributed by atoms with Gasteiger partial charge in [0.15, 0.2) is 0 Å². The molecule has 3 heterocycles. The summed E-state index contributed by atoms with van der Waals surface area (Å²) in [5.41, 5.74) is 0.925. The second-order valence-corrected chi connectivity index (χ2v) is 9.41. The number of para-hydroxylation sites is 1. The van der Waals surface area contributed by atoms with Gasteiger partial charge in [0, 0.05) is 37.6 Å². The minimum atomic E-state index is -0.264. The molecule has 0 radical (unpaired) electrons. The maximum absolute atomic E-state index is 12.6. The van der Waals surface area contributed by atoms with Gasteiger partial charge in [-0.05, 0) is 36.4 Å². The van der Waals surface area contributed by atoms with Crippen LogP contribution in [0.4, 0.5) is 5.69 Å². The highest BCUT2D eigenvalue weighted by Gasteiger charge is 2.20. The van der Waals surface area contributed by atoms with Crippen molar-refractivity contribution in [2.75, 3.05) is 38.0 Å². The summed E-state index contributed by atoms with van der Waals surface area (Å²) in [6.07, 6.45) is 1.56. The molecule has 1 fully saturated rings. The first-order valence-corrected chi connectivity index (χ1v) is 11.6. The van der Waals surface area contributed by atoms with Crippen molar-refractivity contribution in [2.45, 2.75) is 13.1 Å². The van der Waals surface area contributed by atoms with E-state index < -0.39 is 0 Å². The van der Waals surface area contributed by atoms with Crippen molar-refractivity contribution in [3.05, 3.63) is 75.3 Å². The molecule has 0 spiro atoms. The number of nitrogens with zero attached hydrogens (tertiary/aromatic N) is 2. The van der Waals surface area contributed by atoms with Gasteiger partial charge in [0.05, 0.1) is 34.9 Å². The molecule has 2 aromatic heterocycles. The third-order valence-corrected chi connectivity index (χ3v) is 6.51. The molecule has 32 heavy (non-hydrogen) atoms. The molecule has 0 bridgehead atoms. The van der Waals surface area contributed by atoms with E-state index in [4.69, 9.17) is 16.0 Å². The molecule has 7 nitrogen and oxygen atoms in total. The molecule has 0 aliphatic carbocycles. The van der Waals surface area contributed by atoms with Crippen LogP contribution in [0.5, 0.6) is 0 Å². The summed E-state index contributed by atoms with van der Waals surface area (Å²) in [5.74, 6) is 0.274. The second-order valence-electron chi connectivity index (χ2n) is 7.61. The summed E-state index contributed by atoms with van der Waals surface area (Å²) < 4.78 is 6.05. The molecule has 9 heteroatoms. The number of halogens is 1. The highest BCUT2D eigenvalue weighted by atomic mass is 35.5. The number of nitrogens with one attached hydrogen (secondary N) is 2. The molecule has 0 unspecified atom stereocenters. The van der Waals surface area contributed by atoms with Crippen LogP contribution >= 0.6 is 22.9 Å². The fourth-order valence-corrected chi connectivity index (χ4v) is 4.75. The highest BCUT2D eigenvalue weighted by molar-refractivity contribution is 7.16. The molecule has 0 atom stereocenters. The van der Waals surface area contributed by atoms with Gasteiger partial charge in [0.25, 0.3) is 5.91 Å². The van der Waals surface area contributed by atoms with E-state index in [1.54, 1.807) is 54.0 Å². The molecule has 3 aromatic rings. The maximum atomic E-state index is 12.6. The zero-order chi connectivity index (χ0) is 22.3. The molecule has 1 aliphatic rings. The minimum absolute atomic E-state index is 0.130. The lowest BCUT2D eigenvalue weighted by Gasteiger charge is -2.34. The Balaban J connectivity index is 1.26. The van der Waals surface area contributed by atoms with E-state index in [1.165, 1.54) is 4.88 Å². The molecule has 168 valence electrons. The third kappa shape index (κ3) is 6.20. The van der Waals surface area contributed by atoms with E-state index in [2.05, 4.69) is 26.5 Å². The average molecular weight is 473 g/mol.